The highest BCUT2D eigenvalue weighted by Gasteiger charge is 2.25. The predicted octanol–water partition coefficient (Wildman–Crippen LogP) is -1.04. The van der Waals surface area contributed by atoms with Crippen molar-refractivity contribution in [1.82, 2.24) is 5.32 Å². The molecular weight excluding hydrogens is 134 g/mol. The summed E-state index contributed by atoms with van der Waals surface area (Å²) in [6, 6.07) is -0.843. The summed E-state index contributed by atoms with van der Waals surface area (Å²) in [4.78, 5) is 10.3. The zero-order valence-corrected chi connectivity index (χ0v) is 5.32. The van der Waals surface area contributed by atoms with Gasteiger partial charge >= 0.3 is 5.97 Å². The van der Waals surface area contributed by atoms with Crippen LogP contribution in [0.2, 0.25) is 0 Å². The van der Waals surface area contributed by atoms with Crippen LogP contribution in [0.4, 0.5) is 0 Å². The van der Waals surface area contributed by atoms with Crippen LogP contribution in [0, 0.1) is 0 Å². The molecular formula is C6H9NO3. The largest absolute Gasteiger partial charge is 0.480 e. The molecule has 0 aromatic rings. The number of hydrogen-bond donors (Lipinski definition) is 3. The molecule has 4 heteroatoms. The minimum atomic E-state index is -1.02. The zero-order chi connectivity index (χ0) is 7.56. The van der Waals surface area contributed by atoms with Gasteiger partial charge in [-0.1, -0.05) is 12.2 Å². The molecule has 1 aliphatic rings. The molecule has 3 N–H and O–H groups in total. The Hall–Kier alpha value is -0.870. The number of carboxylic acid groups (broad SMARTS) is 1. The number of hydrogen-bond acceptors (Lipinski definition) is 3. The van der Waals surface area contributed by atoms with Gasteiger partial charge in [-0.15, -0.1) is 0 Å². The third kappa shape index (κ3) is 1.34. The normalized spacial score (nSPS) is 32.1. The summed E-state index contributed by atoms with van der Waals surface area (Å²) in [5.74, 6) is -1.02. The molecule has 0 spiro atoms. The van der Waals surface area contributed by atoms with Crippen molar-refractivity contribution < 1.29 is 15.0 Å². The van der Waals surface area contributed by atoms with Crippen LogP contribution in [0.15, 0.2) is 12.2 Å². The van der Waals surface area contributed by atoms with E-state index in [2.05, 4.69) is 5.32 Å². The molecule has 0 fully saturated rings. The Morgan fingerprint density at radius 1 is 1.70 bits per heavy atom. The van der Waals surface area contributed by atoms with E-state index in [-0.39, 0.29) is 0 Å². The summed E-state index contributed by atoms with van der Waals surface area (Å²) in [5.41, 5.74) is 0. The summed E-state index contributed by atoms with van der Waals surface area (Å²) in [5, 5.41) is 20.1. The van der Waals surface area contributed by atoms with E-state index >= 15 is 0 Å². The molecule has 0 radical (unpaired) electrons. The van der Waals surface area contributed by atoms with Crippen LogP contribution >= 0.6 is 0 Å². The van der Waals surface area contributed by atoms with E-state index in [0.29, 0.717) is 6.54 Å². The van der Waals surface area contributed by atoms with E-state index in [0.717, 1.165) is 0 Å². The fourth-order valence-corrected chi connectivity index (χ4v) is 0.868. The molecule has 2 atom stereocenters. The molecule has 4 nitrogen and oxygen atoms in total. The predicted molar refractivity (Wildman–Crippen MR) is 34.6 cm³/mol. The van der Waals surface area contributed by atoms with Crippen molar-refractivity contribution >= 4 is 5.97 Å². The standard InChI is InChI=1S/C6H9NO3/c8-4-2-1-3-7-5(4)6(9)10/h1-2,4-5,7-8H,3H2,(H,9,10)/t4-,5+/m0/s1. The second-order valence-corrected chi connectivity index (χ2v) is 2.14. The Kier molecular flexibility index (Phi) is 2.03. The highest BCUT2D eigenvalue weighted by Crippen LogP contribution is 2.00. The summed E-state index contributed by atoms with van der Waals surface area (Å²) in [7, 11) is 0. The van der Waals surface area contributed by atoms with Crippen molar-refractivity contribution in [3.8, 4) is 0 Å². The van der Waals surface area contributed by atoms with E-state index < -0.39 is 18.1 Å². The Morgan fingerprint density at radius 3 is 2.80 bits per heavy atom. The van der Waals surface area contributed by atoms with E-state index in [1.54, 1.807) is 6.08 Å². The van der Waals surface area contributed by atoms with Gasteiger partial charge in [-0.3, -0.25) is 10.1 Å². The first kappa shape index (κ1) is 7.24. The molecule has 1 heterocycles. The zero-order valence-electron chi connectivity index (χ0n) is 5.32. The molecule has 0 saturated heterocycles. The van der Waals surface area contributed by atoms with Gasteiger partial charge in [0.05, 0.1) is 6.10 Å². The smallest absolute Gasteiger partial charge is 0.323 e. The van der Waals surface area contributed by atoms with Crippen LogP contribution < -0.4 is 5.32 Å². The number of nitrogens with one attached hydrogen (secondary N) is 1. The highest BCUT2D eigenvalue weighted by atomic mass is 16.4. The fraction of sp³-hybridized carbons (Fsp3) is 0.500. The molecule has 0 aliphatic carbocycles. The quantitative estimate of drug-likeness (QED) is 0.410. The number of aliphatic hydroxyl groups excluding tert-OH is 1. The van der Waals surface area contributed by atoms with Crippen molar-refractivity contribution in [2.45, 2.75) is 12.1 Å². The molecule has 0 aromatic carbocycles. The van der Waals surface area contributed by atoms with E-state index in [9.17, 15) is 4.79 Å². The number of rotatable bonds is 1. The van der Waals surface area contributed by atoms with Gasteiger partial charge in [0.25, 0.3) is 0 Å². The van der Waals surface area contributed by atoms with Crippen LogP contribution in [-0.2, 0) is 4.79 Å². The van der Waals surface area contributed by atoms with Crippen molar-refractivity contribution in [1.29, 1.82) is 0 Å². The lowest BCUT2D eigenvalue weighted by molar-refractivity contribution is -0.141. The van der Waals surface area contributed by atoms with Gasteiger partial charge in [0.15, 0.2) is 0 Å². The first-order valence-electron chi connectivity index (χ1n) is 3.03. The summed E-state index contributed by atoms with van der Waals surface area (Å²) in [6.45, 7) is 0.508. The van der Waals surface area contributed by atoms with E-state index in [4.69, 9.17) is 10.2 Å². The average Bonchev–Trinajstić information content (AvgIpc) is 1.88. The number of aliphatic carboxylic acids is 1. The van der Waals surface area contributed by atoms with Crippen LogP contribution in [0.5, 0.6) is 0 Å². The maximum Gasteiger partial charge on any atom is 0.323 e. The Bertz CT molecular complexity index is 166. The minimum absolute atomic E-state index is 0.508. The van der Waals surface area contributed by atoms with Gasteiger partial charge in [-0.2, -0.15) is 0 Å². The highest BCUT2D eigenvalue weighted by molar-refractivity contribution is 5.74. The van der Waals surface area contributed by atoms with Crippen molar-refractivity contribution in [2.75, 3.05) is 6.54 Å². The minimum Gasteiger partial charge on any atom is -0.480 e. The van der Waals surface area contributed by atoms with Gasteiger partial charge in [-0.05, 0) is 0 Å². The monoisotopic (exact) mass is 143 g/mol. The third-order valence-corrected chi connectivity index (χ3v) is 1.40. The van der Waals surface area contributed by atoms with Gasteiger partial charge in [-0.25, -0.2) is 0 Å². The first-order chi connectivity index (χ1) is 4.72. The molecule has 1 rings (SSSR count). The second kappa shape index (κ2) is 2.81. The summed E-state index contributed by atoms with van der Waals surface area (Å²) >= 11 is 0. The first-order valence-corrected chi connectivity index (χ1v) is 3.03. The fourth-order valence-electron chi connectivity index (χ4n) is 0.868. The van der Waals surface area contributed by atoms with E-state index in [1.165, 1.54) is 6.08 Å². The lowest BCUT2D eigenvalue weighted by atomic mass is 10.1. The van der Waals surface area contributed by atoms with Gasteiger partial charge in [0, 0.05) is 6.54 Å². The van der Waals surface area contributed by atoms with Crippen molar-refractivity contribution in [2.24, 2.45) is 0 Å². The molecule has 0 saturated carbocycles. The van der Waals surface area contributed by atoms with Crippen molar-refractivity contribution in [3.63, 3.8) is 0 Å². The molecule has 0 unspecified atom stereocenters. The van der Waals surface area contributed by atoms with Gasteiger partial charge < -0.3 is 10.2 Å². The summed E-state index contributed by atoms with van der Waals surface area (Å²) < 4.78 is 0. The number of carbonyl (C=O) groups is 1. The van der Waals surface area contributed by atoms with E-state index in [1.807, 2.05) is 0 Å². The molecule has 0 amide bonds. The third-order valence-electron chi connectivity index (χ3n) is 1.40. The Labute approximate surface area is 58.2 Å². The lowest BCUT2D eigenvalue weighted by Gasteiger charge is -2.20. The molecule has 10 heavy (non-hydrogen) atoms. The van der Waals surface area contributed by atoms with Gasteiger partial charge in [0.1, 0.15) is 6.04 Å². The molecule has 56 valence electrons. The van der Waals surface area contributed by atoms with Crippen LogP contribution in [-0.4, -0.2) is 34.9 Å². The van der Waals surface area contributed by atoms with Gasteiger partial charge in [0.2, 0.25) is 0 Å². The average molecular weight is 143 g/mol. The van der Waals surface area contributed by atoms with Crippen LogP contribution in [0.3, 0.4) is 0 Å². The maximum absolute atomic E-state index is 10.3. The Balaban J connectivity index is 2.60. The SMILES string of the molecule is O=C(O)[C@@H]1NCC=C[C@@H]1O. The summed E-state index contributed by atoms with van der Waals surface area (Å²) in [6.07, 6.45) is 2.28. The number of carboxylic acids is 1. The van der Waals surface area contributed by atoms with Crippen LogP contribution in [0.1, 0.15) is 0 Å². The molecule has 0 bridgehead atoms. The molecule has 0 aromatic heterocycles. The maximum atomic E-state index is 10.3. The van der Waals surface area contributed by atoms with Crippen LogP contribution in [0.25, 0.3) is 0 Å². The Morgan fingerprint density at radius 2 is 2.40 bits per heavy atom. The topological polar surface area (TPSA) is 69.6 Å². The second-order valence-electron chi connectivity index (χ2n) is 2.14. The van der Waals surface area contributed by atoms with Crippen molar-refractivity contribution in [3.05, 3.63) is 12.2 Å². The number of aliphatic hydroxyl groups is 1. The molecule has 1 aliphatic heterocycles. The lowest BCUT2D eigenvalue weighted by Crippen LogP contribution is -2.47.